The molecule has 0 amide bonds. The summed E-state index contributed by atoms with van der Waals surface area (Å²) < 4.78 is 30.7. The van der Waals surface area contributed by atoms with Crippen LogP contribution in [0.25, 0.3) is 11.0 Å². The highest BCUT2D eigenvalue weighted by molar-refractivity contribution is 9.10. The van der Waals surface area contributed by atoms with Gasteiger partial charge in [-0.3, -0.25) is 0 Å². The number of fused-ring (bicyclic) bond motifs is 1. The van der Waals surface area contributed by atoms with Gasteiger partial charge in [0.25, 0.3) is 6.43 Å². The number of hydrogen-bond donors (Lipinski definition) is 1. The zero-order chi connectivity index (χ0) is 12.4. The standard InChI is InChI=1S/C12H12BrF2NO/c1-7(16-6-12(14)15)11-5-8-4-9(13)2-3-10(8)17-11/h2-5,7,12,16H,6H2,1H3. The number of furan rings is 1. The maximum Gasteiger partial charge on any atom is 0.250 e. The highest BCUT2D eigenvalue weighted by Gasteiger charge is 2.13. The predicted octanol–water partition coefficient (Wildman–Crippen LogP) is 4.11. The van der Waals surface area contributed by atoms with Gasteiger partial charge in [0.2, 0.25) is 0 Å². The molecule has 1 N–H and O–H groups in total. The second-order valence-electron chi connectivity index (χ2n) is 3.85. The summed E-state index contributed by atoms with van der Waals surface area (Å²) in [7, 11) is 0. The second kappa shape index (κ2) is 5.14. The minimum atomic E-state index is -2.35. The molecule has 1 aromatic heterocycles. The Bertz CT molecular complexity index is 512. The molecule has 2 aromatic rings. The topological polar surface area (TPSA) is 25.2 Å². The SMILES string of the molecule is CC(NCC(F)F)c1cc2cc(Br)ccc2o1. The number of nitrogens with one attached hydrogen (secondary N) is 1. The Balaban J connectivity index is 2.18. The van der Waals surface area contributed by atoms with Gasteiger partial charge in [0.1, 0.15) is 11.3 Å². The fourth-order valence-electron chi connectivity index (χ4n) is 1.61. The molecular weight excluding hydrogens is 292 g/mol. The minimum Gasteiger partial charge on any atom is -0.459 e. The maximum atomic E-state index is 12.1. The Hall–Kier alpha value is -0.940. The minimum absolute atomic E-state index is 0.227. The molecule has 1 heterocycles. The Morgan fingerprint density at radius 3 is 2.82 bits per heavy atom. The van der Waals surface area contributed by atoms with Crippen molar-refractivity contribution in [2.75, 3.05) is 6.54 Å². The largest absolute Gasteiger partial charge is 0.459 e. The Morgan fingerprint density at radius 2 is 2.12 bits per heavy atom. The van der Waals surface area contributed by atoms with Gasteiger partial charge in [-0.1, -0.05) is 15.9 Å². The van der Waals surface area contributed by atoms with Gasteiger partial charge in [-0.25, -0.2) is 8.78 Å². The molecular formula is C12H12BrF2NO. The average Bonchev–Trinajstić information content (AvgIpc) is 2.68. The van der Waals surface area contributed by atoms with E-state index >= 15 is 0 Å². The summed E-state index contributed by atoms with van der Waals surface area (Å²) in [5.74, 6) is 0.666. The molecule has 0 aliphatic heterocycles. The van der Waals surface area contributed by atoms with Crippen LogP contribution in [0.1, 0.15) is 18.7 Å². The van der Waals surface area contributed by atoms with Crippen LogP contribution in [-0.2, 0) is 0 Å². The molecule has 0 saturated heterocycles. The summed E-state index contributed by atoms with van der Waals surface area (Å²) >= 11 is 3.37. The van der Waals surface area contributed by atoms with E-state index in [0.717, 1.165) is 15.4 Å². The third kappa shape index (κ3) is 3.04. The molecule has 0 spiro atoms. The van der Waals surface area contributed by atoms with Crippen LogP contribution < -0.4 is 5.32 Å². The molecule has 0 aliphatic rings. The number of benzene rings is 1. The molecule has 1 aromatic carbocycles. The molecule has 2 rings (SSSR count). The first kappa shape index (κ1) is 12.5. The van der Waals surface area contributed by atoms with Crippen molar-refractivity contribution in [3.8, 4) is 0 Å². The monoisotopic (exact) mass is 303 g/mol. The summed E-state index contributed by atoms with van der Waals surface area (Å²) in [4.78, 5) is 0. The van der Waals surface area contributed by atoms with Gasteiger partial charge < -0.3 is 9.73 Å². The highest BCUT2D eigenvalue weighted by Crippen LogP contribution is 2.26. The van der Waals surface area contributed by atoms with Crippen molar-refractivity contribution in [2.45, 2.75) is 19.4 Å². The fraction of sp³-hybridized carbons (Fsp3) is 0.333. The summed E-state index contributed by atoms with van der Waals surface area (Å²) in [5, 5.41) is 3.68. The van der Waals surface area contributed by atoms with Crippen LogP contribution in [0, 0.1) is 0 Å². The Labute approximate surface area is 106 Å². The average molecular weight is 304 g/mol. The lowest BCUT2D eigenvalue weighted by Gasteiger charge is -2.09. The summed E-state index contributed by atoms with van der Waals surface area (Å²) in [6.45, 7) is 1.47. The van der Waals surface area contributed by atoms with Crippen LogP contribution >= 0.6 is 15.9 Å². The molecule has 0 bridgehead atoms. The van der Waals surface area contributed by atoms with E-state index in [4.69, 9.17) is 4.42 Å². The first-order chi connectivity index (χ1) is 8.06. The van der Waals surface area contributed by atoms with E-state index in [1.807, 2.05) is 24.3 Å². The number of hydrogen-bond acceptors (Lipinski definition) is 2. The van der Waals surface area contributed by atoms with E-state index in [2.05, 4.69) is 21.2 Å². The normalized spacial score (nSPS) is 13.5. The van der Waals surface area contributed by atoms with Crippen molar-refractivity contribution in [1.29, 1.82) is 0 Å². The molecule has 0 aliphatic carbocycles. The van der Waals surface area contributed by atoms with E-state index in [0.29, 0.717) is 5.76 Å². The molecule has 5 heteroatoms. The van der Waals surface area contributed by atoms with Crippen LogP contribution in [-0.4, -0.2) is 13.0 Å². The molecule has 0 fully saturated rings. The van der Waals surface area contributed by atoms with Crippen LogP contribution in [0.3, 0.4) is 0 Å². The quantitative estimate of drug-likeness (QED) is 0.919. The van der Waals surface area contributed by atoms with Gasteiger partial charge in [-0.2, -0.15) is 0 Å². The van der Waals surface area contributed by atoms with E-state index in [-0.39, 0.29) is 12.6 Å². The molecule has 0 saturated carbocycles. The number of rotatable bonds is 4. The molecule has 2 nitrogen and oxygen atoms in total. The molecule has 0 radical (unpaired) electrons. The molecule has 1 atom stereocenters. The van der Waals surface area contributed by atoms with Crippen molar-refractivity contribution in [3.63, 3.8) is 0 Å². The van der Waals surface area contributed by atoms with Gasteiger partial charge in [0, 0.05) is 9.86 Å². The van der Waals surface area contributed by atoms with Crippen LogP contribution in [0.4, 0.5) is 8.78 Å². The zero-order valence-corrected chi connectivity index (χ0v) is 10.8. The van der Waals surface area contributed by atoms with Crippen molar-refractivity contribution < 1.29 is 13.2 Å². The van der Waals surface area contributed by atoms with Gasteiger partial charge in [0.05, 0.1) is 12.6 Å². The lowest BCUT2D eigenvalue weighted by molar-refractivity contribution is 0.141. The highest BCUT2D eigenvalue weighted by atomic mass is 79.9. The smallest absolute Gasteiger partial charge is 0.250 e. The van der Waals surface area contributed by atoms with Crippen molar-refractivity contribution in [2.24, 2.45) is 0 Å². The Morgan fingerprint density at radius 1 is 1.35 bits per heavy atom. The van der Waals surface area contributed by atoms with E-state index in [1.165, 1.54) is 0 Å². The molecule has 1 unspecified atom stereocenters. The van der Waals surface area contributed by atoms with Gasteiger partial charge in [-0.05, 0) is 31.2 Å². The van der Waals surface area contributed by atoms with Crippen molar-refractivity contribution in [3.05, 3.63) is 34.5 Å². The first-order valence-electron chi connectivity index (χ1n) is 5.27. The molecule has 92 valence electrons. The van der Waals surface area contributed by atoms with E-state index < -0.39 is 6.43 Å². The third-order valence-corrected chi connectivity index (χ3v) is 3.00. The maximum absolute atomic E-state index is 12.1. The van der Waals surface area contributed by atoms with Crippen molar-refractivity contribution in [1.82, 2.24) is 5.32 Å². The lowest BCUT2D eigenvalue weighted by atomic mass is 10.2. The van der Waals surface area contributed by atoms with E-state index in [9.17, 15) is 8.78 Å². The third-order valence-electron chi connectivity index (χ3n) is 2.50. The number of alkyl halides is 2. The van der Waals surface area contributed by atoms with Crippen LogP contribution in [0.2, 0.25) is 0 Å². The summed E-state index contributed by atoms with van der Waals surface area (Å²) in [6, 6.07) is 7.30. The van der Waals surface area contributed by atoms with Gasteiger partial charge >= 0.3 is 0 Å². The van der Waals surface area contributed by atoms with Gasteiger partial charge in [0.15, 0.2) is 0 Å². The second-order valence-corrected chi connectivity index (χ2v) is 4.77. The lowest BCUT2D eigenvalue weighted by Crippen LogP contribution is -2.24. The summed E-state index contributed by atoms with van der Waals surface area (Å²) in [5.41, 5.74) is 0.758. The van der Waals surface area contributed by atoms with Crippen LogP contribution in [0.5, 0.6) is 0 Å². The molecule has 17 heavy (non-hydrogen) atoms. The van der Waals surface area contributed by atoms with E-state index in [1.54, 1.807) is 6.92 Å². The Kier molecular flexibility index (Phi) is 3.79. The zero-order valence-electron chi connectivity index (χ0n) is 9.21. The summed E-state index contributed by atoms with van der Waals surface area (Å²) in [6.07, 6.45) is -2.35. The van der Waals surface area contributed by atoms with Crippen molar-refractivity contribution >= 4 is 26.9 Å². The predicted molar refractivity (Wildman–Crippen MR) is 66.3 cm³/mol. The van der Waals surface area contributed by atoms with Crippen LogP contribution in [0.15, 0.2) is 33.2 Å². The number of halogens is 3. The first-order valence-corrected chi connectivity index (χ1v) is 6.06. The van der Waals surface area contributed by atoms with Gasteiger partial charge in [-0.15, -0.1) is 0 Å². The fourth-order valence-corrected chi connectivity index (χ4v) is 1.99.